The maximum absolute atomic E-state index is 13.0. The van der Waals surface area contributed by atoms with Crippen molar-refractivity contribution >= 4 is 49.1 Å². The van der Waals surface area contributed by atoms with Crippen LogP contribution in [0.5, 0.6) is 0 Å². The Balaban J connectivity index is 1.68. The quantitative estimate of drug-likeness (QED) is 0.451. The van der Waals surface area contributed by atoms with E-state index in [1.54, 1.807) is 17.8 Å². The van der Waals surface area contributed by atoms with E-state index in [0.717, 1.165) is 15.6 Å². The van der Waals surface area contributed by atoms with Crippen LogP contribution in [0.15, 0.2) is 64.1 Å². The third kappa shape index (κ3) is 3.88. The summed E-state index contributed by atoms with van der Waals surface area (Å²) in [7, 11) is 0. The van der Waals surface area contributed by atoms with Gasteiger partial charge in [0.1, 0.15) is 4.83 Å². The molecule has 2 aromatic heterocycles. The van der Waals surface area contributed by atoms with Crippen molar-refractivity contribution < 1.29 is 4.79 Å². The van der Waals surface area contributed by atoms with Gasteiger partial charge in [-0.2, -0.15) is 0 Å². The number of halogens is 1. The lowest BCUT2D eigenvalue weighted by molar-refractivity contribution is 0.103. The summed E-state index contributed by atoms with van der Waals surface area (Å²) in [5.41, 5.74) is 3.29. The number of aryl methyl sites for hydroxylation is 2. The Morgan fingerprint density at radius 2 is 1.93 bits per heavy atom. The summed E-state index contributed by atoms with van der Waals surface area (Å²) in [6.07, 6.45) is 1.55. The zero-order chi connectivity index (χ0) is 20.5. The topological polar surface area (TPSA) is 64.0 Å². The van der Waals surface area contributed by atoms with Crippen molar-refractivity contribution in [2.45, 2.75) is 20.4 Å². The fraction of sp³-hybridized carbons (Fsp3) is 0.136. The molecule has 29 heavy (non-hydrogen) atoms. The van der Waals surface area contributed by atoms with Crippen LogP contribution in [0.2, 0.25) is 0 Å². The van der Waals surface area contributed by atoms with Gasteiger partial charge < -0.3 is 5.32 Å². The predicted molar refractivity (Wildman–Crippen MR) is 121 cm³/mol. The number of aromatic nitrogens is 2. The average Bonchev–Trinajstić information content (AvgIpc) is 3.05. The molecule has 7 heteroatoms. The van der Waals surface area contributed by atoms with Gasteiger partial charge in [-0.25, -0.2) is 4.98 Å². The summed E-state index contributed by atoms with van der Waals surface area (Å²) in [6.45, 7) is 4.21. The number of anilines is 1. The first-order valence-electron chi connectivity index (χ1n) is 9.04. The Kier molecular flexibility index (Phi) is 5.34. The van der Waals surface area contributed by atoms with E-state index >= 15 is 0 Å². The van der Waals surface area contributed by atoms with Gasteiger partial charge in [-0.1, -0.05) is 46.3 Å². The van der Waals surface area contributed by atoms with E-state index in [1.165, 1.54) is 11.3 Å². The van der Waals surface area contributed by atoms with E-state index in [0.29, 0.717) is 32.9 Å². The molecule has 0 bridgehead atoms. The molecule has 0 saturated carbocycles. The first-order chi connectivity index (χ1) is 13.9. The fourth-order valence-corrected chi connectivity index (χ4v) is 4.46. The van der Waals surface area contributed by atoms with Crippen molar-refractivity contribution in [3.8, 4) is 0 Å². The molecule has 0 fully saturated rings. The molecular weight excluding hydrogens is 450 g/mol. The van der Waals surface area contributed by atoms with Gasteiger partial charge >= 0.3 is 0 Å². The first kappa shape index (κ1) is 19.5. The van der Waals surface area contributed by atoms with Gasteiger partial charge in [0.05, 0.1) is 23.1 Å². The summed E-state index contributed by atoms with van der Waals surface area (Å²) < 4.78 is 2.56. The molecule has 0 aliphatic heterocycles. The molecule has 1 N–H and O–H groups in total. The molecule has 0 aliphatic carbocycles. The van der Waals surface area contributed by atoms with Gasteiger partial charge in [0, 0.05) is 10.2 Å². The van der Waals surface area contributed by atoms with E-state index in [1.807, 2.05) is 55.5 Å². The molecule has 2 heterocycles. The van der Waals surface area contributed by atoms with Gasteiger partial charge in [-0.3, -0.25) is 14.2 Å². The Morgan fingerprint density at radius 1 is 1.17 bits per heavy atom. The number of benzene rings is 2. The summed E-state index contributed by atoms with van der Waals surface area (Å²) in [6, 6.07) is 15.4. The molecule has 4 rings (SSSR count). The third-order valence-electron chi connectivity index (χ3n) is 4.74. The molecule has 0 aliphatic rings. The second-order valence-electron chi connectivity index (χ2n) is 6.82. The summed E-state index contributed by atoms with van der Waals surface area (Å²) in [4.78, 5) is 31.4. The smallest absolute Gasteiger partial charge is 0.266 e. The monoisotopic (exact) mass is 467 g/mol. The Labute approximate surface area is 180 Å². The molecule has 0 spiro atoms. The van der Waals surface area contributed by atoms with E-state index in [-0.39, 0.29) is 11.5 Å². The number of carbonyl (C=O) groups excluding carboxylic acids is 1. The number of nitrogens with zero attached hydrogens (tertiary/aromatic N) is 2. The average molecular weight is 468 g/mol. The van der Waals surface area contributed by atoms with Gasteiger partial charge in [-0.15, -0.1) is 11.3 Å². The van der Waals surface area contributed by atoms with Crippen LogP contribution in [-0.2, 0) is 6.54 Å². The number of rotatable bonds is 4. The summed E-state index contributed by atoms with van der Waals surface area (Å²) in [5, 5.41) is 3.42. The molecule has 4 aromatic rings. The number of amides is 1. The maximum Gasteiger partial charge on any atom is 0.266 e. The van der Waals surface area contributed by atoms with E-state index in [9.17, 15) is 9.59 Å². The molecule has 1 amide bonds. The third-order valence-corrected chi connectivity index (χ3v) is 6.82. The number of thiophene rings is 1. The lowest BCUT2D eigenvalue weighted by atomic mass is 10.2. The van der Waals surface area contributed by atoms with Crippen molar-refractivity contribution in [3.63, 3.8) is 0 Å². The van der Waals surface area contributed by atoms with Crippen LogP contribution in [0.3, 0.4) is 0 Å². The Hall–Kier alpha value is -2.77. The highest BCUT2D eigenvalue weighted by atomic mass is 79.9. The number of hydrogen-bond donors (Lipinski definition) is 1. The lowest BCUT2D eigenvalue weighted by Gasteiger charge is -2.07. The largest absolute Gasteiger partial charge is 0.321 e. The normalized spacial score (nSPS) is 11.0. The zero-order valence-corrected chi connectivity index (χ0v) is 18.3. The van der Waals surface area contributed by atoms with Crippen molar-refractivity contribution in [1.82, 2.24) is 9.55 Å². The summed E-state index contributed by atoms with van der Waals surface area (Å²) in [5.74, 6) is -0.235. The number of carbonyl (C=O) groups is 1. The number of hydrogen-bond acceptors (Lipinski definition) is 4. The molecule has 2 aromatic carbocycles. The molecule has 0 saturated heterocycles. The Bertz CT molecular complexity index is 1280. The number of nitrogens with one attached hydrogen (secondary N) is 1. The van der Waals surface area contributed by atoms with Crippen LogP contribution < -0.4 is 10.9 Å². The molecular formula is C22H18BrN3O2S. The van der Waals surface area contributed by atoms with Crippen molar-refractivity contribution in [2.75, 3.05) is 5.32 Å². The SMILES string of the molecule is Cc1cc(NC(=O)c2sc3ncn(Cc4ccccc4)c(=O)c3c2C)ccc1Br. The molecule has 146 valence electrons. The van der Waals surface area contributed by atoms with Crippen LogP contribution in [-0.4, -0.2) is 15.5 Å². The van der Waals surface area contributed by atoms with E-state index in [4.69, 9.17) is 0 Å². The minimum Gasteiger partial charge on any atom is -0.321 e. The van der Waals surface area contributed by atoms with Gasteiger partial charge in [0.25, 0.3) is 11.5 Å². The van der Waals surface area contributed by atoms with Crippen LogP contribution in [0, 0.1) is 13.8 Å². The lowest BCUT2D eigenvalue weighted by Crippen LogP contribution is -2.21. The first-order valence-corrected chi connectivity index (χ1v) is 10.6. The Morgan fingerprint density at radius 3 is 2.66 bits per heavy atom. The molecule has 0 atom stereocenters. The standard InChI is InChI=1S/C22H18BrN3O2S/c1-13-10-16(8-9-17(13)23)25-20(27)19-14(2)18-21(29-19)24-12-26(22(18)28)11-15-6-4-3-5-7-15/h3-10,12H,11H2,1-2H3,(H,25,27). The highest BCUT2D eigenvalue weighted by Crippen LogP contribution is 2.28. The molecule has 5 nitrogen and oxygen atoms in total. The van der Waals surface area contributed by atoms with Crippen molar-refractivity contribution in [1.29, 1.82) is 0 Å². The minimum atomic E-state index is -0.235. The predicted octanol–water partition coefficient (Wildman–Crippen LogP) is 5.14. The van der Waals surface area contributed by atoms with Gasteiger partial charge in [0.15, 0.2) is 0 Å². The van der Waals surface area contributed by atoms with Crippen LogP contribution in [0.1, 0.15) is 26.4 Å². The maximum atomic E-state index is 13.0. The van der Waals surface area contributed by atoms with E-state index in [2.05, 4.69) is 26.2 Å². The van der Waals surface area contributed by atoms with Crippen LogP contribution in [0.4, 0.5) is 5.69 Å². The second kappa shape index (κ2) is 7.93. The van der Waals surface area contributed by atoms with Gasteiger partial charge in [-0.05, 0) is 48.7 Å². The minimum absolute atomic E-state index is 0.133. The van der Waals surface area contributed by atoms with Gasteiger partial charge in [0.2, 0.25) is 0 Å². The highest BCUT2D eigenvalue weighted by molar-refractivity contribution is 9.10. The number of fused-ring (bicyclic) bond motifs is 1. The van der Waals surface area contributed by atoms with Crippen LogP contribution >= 0.6 is 27.3 Å². The van der Waals surface area contributed by atoms with Crippen LogP contribution in [0.25, 0.3) is 10.2 Å². The van der Waals surface area contributed by atoms with Crippen molar-refractivity contribution in [3.05, 3.63) is 91.3 Å². The molecule has 0 unspecified atom stereocenters. The molecule has 0 radical (unpaired) electrons. The fourth-order valence-electron chi connectivity index (χ4n) is 3.18. The highest BCUT2D eigenvalue weighted by Gasteiger charge is 2.20. The summed E-state index contributed by atoms with van der Waals surface area (Å²) >= 11 is 4.70. The zero-order valence-electron chi connectivity index (χ0n) is 15.9. The van der Waals surface area contributed by atoms with E-state index < -0.39 is 0 Å². The van der Waals surface area contributed by atoms with Crippen molar-refractivity contribution in [2.24, 2.45) is 0 Å². The second-order valence-corrected chi connectivity index (χ2v) is 8.67.